The van der Waals surface area contributed by atoms with Gasteiger partial charge in [-0.15, -0.1) is 11.3 Å². The number of nitrogens with zero attached hydrogens (tertiary/aromatic N) is 2. The van der Waals surface area contributed by atoms with E-state index in [-0.39, 0.29) is 11.7 Å². The SMILES string of the molecule is CN(CCc1nccs1)C(=O)CCc1ccc(F)cc1. The molecule has 0 unspecified atom stereocenters. The van der Waals surface area contributed by atoms with Crippen LogP contribution < -0.4 is 0 Å². The molecule has 106 valence electrons. The molecular weight excluding hydrogens is 275 g/mol. The molecule has 0 aliphatic rings. The standard InChI is InChI=1S/C15H17FN2OS/c1-18(10-8-14-17-9-11-20-14)15(19)7-4-12-2-5-13(16)6-3-12/h2-3,5-6,9,11H,4,7-8,10H2,1H3. The molecular formula is C15H17FN2OS. The van der Waals surface area contributed by atoms with Gasteiger partial charge in [-0.2, -0.15) is 0 Å². The fraction of sp³-hybridized carbons (Fsp3) is 0.333. The van der Waals surface area contributed by atoms with Crippen LogP contribution in [0.15, 0.2) is 35.8 Å². The molecule has 0 atom stereocenters. The lowest BCUT2D eigenvalue weighted by Gasteiger charge is -2.16. The third-order valence-corrected chi connectivity index (χ3v) is 3.95. The molecule has 2 aromatic rings. The first kappa shape index (κ1) is 14.7. The molecule has 0 N–H and O–H groups in total. The van der Waals surface area contributed by atoms with E-state index in [9.17, 15) is 9.18 Å². The largest absolute Gasteiger partial charge is 0.345 e. The Labute approximate surface area is 122 Å². The summed E-state index contributed by atoms with van der Waals surface area (Å²) in [7, 11) is 1.81. The van der Waals surface area contributed by atoms with Crippen molar-refractivity contribution >= 4 is 17.2 Å². The number of thiazole rings is 1. The number of halogens is 1. The topological polar surface area (TPSA) is 33.2 Å². The van der Waals surface area contributed by atoms with Crippen molar-refractivity contribution in [1.29, 1.82) is 0 Å². The van der Waals surface area contributed by atoms with E-state index in [0.717, 1.165) is 17.0 Å². The van der Waals surface area contributed by atoms with E-state index in [0.29, 0.717) is 19.4 Å². The predicted octanol–water partition coefficient (Wildman–Crippen LogP) is 2.92. The molecule has 0 aliphatic heterocycles. The van der Waals surface area contributed by atoms with Gasteiger partial charge in [-0.1, -0.05) is 12.1 Å². The van der Waals surface area contributed by atoms with Crippen LogP contribution in [0.5, 0.6) is 0 Å². The number of benzene rings is 1. The van der Waals surface area contributed by atoms with Gasteiger partial charge in [0.25, 0.3) is 0 Å². The van der Waals surface area contributed by atoms with Gasteiger partial charge in [0.1, 0.15) is 5.82 Å². The Bertz CT molecular complexity index is 540. The second-order valence-electron chi connectivity index (χ2n) is 4.62. The number of likely N-dealkylation sites (N-methyl/N-ethyl adjacent to an activating group) is 1. The first-order valence-corrected chi connectivity index (χ1v) is 7.40. The molecule has 0 bridgehead atoms. The highest BCUT2D eigenvalue weighted by atomic mass is 32.1. The van der Waals surface area contributed by atoms with Gasteiger partial charge in [0.2, 0.25) is 5.91 Å². The first-order chi connectivity index (χ1) is 9.65. The lowest BCUT2D eigenvalue weighted by Crippen LogP contribution is -2.29. The lowest BCUT2D eigenvalue weighted by molar-refractivity contribution is -0.129. The minimum Gasteiger partial charge on any atom is -0.345 e. The van der Waals surface area contributed by atoms with Crippen molar-refractivity contribution in [3.05, 3.63) is 52.2 Å². The van der Waals surface area contributed by atoms with E-state index in [1.807, 2.05) is 5.38 Å². The molecule has 3 nitrogen and oxygen atoms in total. The van der Waals surface area contributed by atoms with Crippen LogP contribution >= 0.6 is 11.3 Å². The Morgan fingerprint density at radius 1 is 1.30 bits per heavy atom. The summed E-state index contributed by atoms with van der Waals surface area (Å²) in [5.41, 5.74) is 0.980. The second-order valence-corrected chi connectivity index (χ2v) is 5.60. The number of amides is 1. The number of carbonyl (C=O) groups excluding carboxylic acids is 1. The van der Waals surface area contributed by atoms with Gasteiger partial charge in [0, 0.05) is 38.0 Å². The Morgan fingerprint density at radius 2 is 2.05 bits per heavy atom. The second kappa shape index (κ2) is 7.14. The van der Waals surface area contributed by atoms with Crippen molar-refractivity contribution in [2.75, 3.05) is 13.6 Å². The van der Waals surface area contributed by atoms with Crippen molar-refractivity contribution < 1.29 is 9.18 Å². The highest BCUT2D eigenvalue weighted by Crippen LogP contribution is 2.08. The first-order valence-electron chi connectivity index (χ1n) is 6.52. The quantitative estimate of drug-likeness (QED) is 0.820. The van der Waals surface area contributed by atoms with Gasteiger partial charge < -0.3 is 4.90 Å². The number of hydrogen-bond acceptors (Lipinski definition) is 3. The zero-order valence-corrected chi connectivity index (χ0v) is 12.2. The van der Waals surface area contributed by atoms with Crippen LogP contribution in [0, 0.1) is 5.82 Å². The van der Waals surface area contributed by atoms with Gasteiger partial charge in [0.15, 0.2) is 0 Å². The van der Waals surface area contributed by atoms with E-state index >= 15 is 0 Å². The van der Waals surface area contributed by atoms with Gasteiger partial charge in [0.05, 0.1) is 5.01 Å². The molecule has 1 heterocycles. The van der Waals surface area contributed by atoms with E-state index in [4.69, 9.17) is 0 Å². The molecule has 0 fully saturated rings. The maximum Gasteiger partial charge on any atom is 0.222 e. The van der Waals surface area contributed by atoms with Crippen molar-refractivity contribution in [2.24, 2.45) is 0 Å². The van der Waals surface area contributed by atoms with Gasteiger partial charge in [-0.05, 0) is 24.1 Å². The van der Waals surface area contributed by atoms with Crippen LogP contribution in [0.4, 0.5) is 4.39 Å². The number of aryl methyl sites for hydroxylation is 1. The molecule has 1 aromatic heterocycles. The molecule has 20 heavy (non-hydrogen) atoms. The third-order valence-electron chi connectivity index (χ3n) is 3.11. The Kier molecular flexibility index (Phi) is 5.24. The smallest absolute Gasteiger partial charge is 0.222 e. The third kappa shape index (κ3) is 4.42. The lowest BCUT2D eigenvalue weighted by atomic mass is 10.1. The molecule has 1 aromatic carbocycles. The molecule has 2 rings (SSSR count). The zero-order valence-electron chi connectivity index (χ0n) is 11.4. The van der Waals surface area contributed by atoms with Crippen molar-refractivity contribution in [3.8, 4) is 0 Å². The Hall–Kier alpha value is -1.75. The highest BCUT2D eigenvalue weighted by molar-refractivity contribution is 7.09. The summed E-state index contributed by atoms with van der Waals surface area (Å²) in [6.07, 6.45) is 3.65. The minimum absolute atomic E-state index is 0.103. The van der Waals surface area contributed by atoms with E-state index in [2.05, 4.69) is 4.98 Å². The Balaban J connectivity index is 1.74. The summed E-state index contributed by atoms with van der Waals surface area (Å²) in [5.74, 6) is -0.147. The van der Waals surface area contributed by atoms with Crippen LogP contribution in [-0.4, -0.2) is 29.4 Å². The summed E-state index contributed by atoms with van der Waals surface area (Å²) in [6, 6.07) is 6.29. The molecule has 5 heteroatoms. The van der Waals surface area contributed by atoms with Crippen LogP contribution in [0.1, 0.15) is 17.0 Å². The number of hydrogen-bond donors (Lipinski definition) is 0. The summed E-state index contributed by atoms with van der Waals surface area (Å²) in [4.78, 5) is 17.9. The highest BCUT2D eigenvalue weighted by Gasteiger charge is 2.09. The molecule has 0 radical (unpaired) electrons. The fourth-order valence-corrected chi connectivity index (χ4v) is 2.47. The van der Waals surface area contributed by atoms with Crippen LogP contribution in [0.25, 0.3) is 0 Å². The average Bonchev–Trinajstić information content (AvgIpc) is 2.97. The summed E-state index contributed by atoms with van der Waals surface area (Å²) in [6.45, 7) is 0.676. The van der Waals surface area contributed by atoms with Crippen LogP contribution in [-0.2, 0) is 17.6 Å². The van der Waals surface area contributed by atoms with Crippen LogP contribution in [0.3, 0.4) is 0 Å². The Morgan fingerprint density at radius 3 is 2.70 bits per heavy atom. The van der Waals surface area contributed by atoms with E-state index in [1.54, 1.807) is 41.6 Å². The molecule has 0 saturated heterocycles. The zero-order chi connectivity index (χ0) is 14.4. The number of carbonyl (C=O) groups is 1. The molecule has 1 amide bonds. The molecule has 0 saturated carbocycles. The fourth-order valence-electron chi connectivity index (χ4n) is 1.86. The van der Waals surface area contributed by atoms with Crippen molar-refractivity contribution in [1.82, 2.24) is 9.88 Å². The summed E-state index contributed by atoms with van der Waals surface area (Å²) >= 11 is 1.60. The van der Waals surface area contributed by atoms with Crippen molar-refractivity contribution in [3.63, 3.8) is 0 Å². The van der Waals surface area contributed by atoms with Crippen LogP contribution in [0.2, 0.25) is 0 Å². The normalized spacial score (nSPS) is 10.5. The van der Waals surface area contributed by atoms with Crippen molar-refractivity contribution in [2.45, 2.75) is 19.3 Å². The number of aromatic nitrogens is 1. The molecule has 0 aliphatic carbocycles. The van der Waals surface area contributed by atoms with Gasteiger partial charge in [-0.25, -0.2) is 9.37 Å². The summed E-state index contributed by atoms with van der Waals surface area (Å²) < 4.78 is 12.8. The average molecular weight is 292 g/mol. The predicted molar refractivity (Wildman–Crippen MR) is 78.2 cm³/mol. The van der Waals surface area contributed by atoms with E-state index in [1.165, 1.54) is 12.1 Å². The van der Waals surface area contributed by atoms with E-state index < -0.39 is 0 Å². The summed E-state index contributed by atoms with van der Waals surface area (Å²) in [5, 5.41) is 2.98. The maximum atomic E-state index is 12.8. The number of rotatable bonds is 6. The maximum absolute atomic E-state index is 12.8. The van der Waals surface area contributed by atoms with Gasteiger partial charge in [-0.3, -0.25) is 4.79 Å². The molecule has 0 spiro atoms. The monoisotopic (exact) mass is 292 g/mol. The van der Waals surface area contributed by atoms with Gasteiger partial charge >= 0.3 is 0 Å². The minimum atomic E-state index is -0.249.